The van der Waals surface area contributed by atoms with Gasteiger partial charge in [-0.1, -0.05) is 25.1 Å². The molecule has 3 heterocycles. The number of hydrogen-bond acceptors (Lipinski definition) is 6. The van der Waals surface area contributed by atoms with Gasteiger partial charge in [-0.3, -0.25) is 14.9 Å². The highest BCUT2D eigenvalue weighted by molar-refractivity contribution is 7.14. The summed E-state index contributed by atoms with van der Waals surface area (Å²) in [5, 5.41) is 9.13. The summed E-state index contributed by atoms with van der Waals surface area (Å²) in [5.41, 5.74) is 4.21. The van der Waals surface area contributed by atoms with Crippen molar-refractivity contribution >= 4 is 34.0 Å². The number of benzene rings is 1. The average Bonchev–Trinajstić information content (AvgIpc) is 3.31. The van der Waals surface area contributed by atoms with E-state index >= 15 is 0 Å². The number of nitrogens with one attached hydrogen (secondary N) is 1. The second-order valence-corrected chi connectivity index (χ2v) is 9.33. The Hall–Kier alpha value is -3.00. The highest BCUT2D eigenvalue weighted by Gasteiger charge is 2.29. The van der Waals surface area contributed by atoms with E-state index in [1.807, 2.05) is 36.3 Å². The van der Waals surface area contributed by atoms with Crippen molar-refractivity contribution in [2.45, 2.75) is 45.4 Å². The second kappa shape index (κ2) is 7.92. The number of rotatable bonds is 5. The van der Waals surface area contributed by atoms with Crippen LogP contribution < -0.4 is 10.2 Å². The lowest BCUT2D eigenvalue weighted by Gasteiger charge is -2.31. The molecule has 8 heteroatoms. The molecule has 1 saturated carbocycles. The van der Waals surface area contributed by atoms with Gasteiger partial charge in [0.2, 0.25) is 5.91 Å². The summed E-state index contributed by atoms with van der Waals surface area (Å²) in [7, 11) is 0. The number of anilines is 2. The fourth-order valence-electron chi connectivity index (χ4n) is 3.88. The first kappa shape index (κ1) is 19.9. The second-order valence-electron chi connectivity index (χ2n) is 8.47. The van der Waals surface area contributed by atoms with Gasteiger partial charge in [-0.25, -0.2) is 4.98 Å². The van der Waals surface area contributed by atoms with Gasteiger partial charge in [0.25, 0.3) is 5.91 Å². The third-order valence-corrected chi connectivity index (χ3v) is 6.48. The van der Waals surface area contributed by atoms with Crippen LogP contribution in [0.5, 0.6) is 0 Å². The van der Waals surface area contributed by atoms with E-state index in [1.165, 1.54) is 11.3 Å². The highest BCUT2D eigenvalue weighted by atomic mass is 32.1. The van der Waals surface area contributed by atoms with Crippen LogP contribution in [0, 0.1) is 5.92 Å². The monoisotopic (exact) mass is 436 g/mol. The molecule has 0 bridgehead atoms. The summed E-state index contributed by atoms with van der Waals surface area (Å²) in [4.78, 5) is 31.5. The summed E-state index contributed by atoms with van der Waals surface area (Å²) in [5.74, 6) is 1.01. The Bertz CT molecular complexity index is 1150. The molecule has 2 amide bonds. The Labute approximate surface area is 184 Å². The van der Waals surface area contributed by atoms with Gasteiger partial charge in [-0.2, -0.15) is 0 Å². The number of carbonyl (C=O) groups excluding carboxylic acids is 2. The van der Waals surface area contributed by atoms with Crippen LogP contribution >= 0.6 is 11.3 Å². The van der Waals surface area contributed by atoms with Crippen LogP contribution in [-0.2, 0) is 11.2 Å². The first-order valence-electron chi connectivity index (χ1n) is 10.7. The topological polar surface area (TPSA) is 88.3 Å². The Morgan fingerprint density at radius 3 is 2.87 bits per heavy atom. The number of nitrogens with zero attached hydrogens (tertiary/aromatic N) is 3. The summed E-state index contributed by atoms with van der Waals surface area (Å²) < 4.78 is 5.26. The predicted octanol–water partition coefficient (Wildman–Crippen LogP) is 4.86. The normalized spacial score (nSPS) is 15.8. The van der Waals surface area contributed by atoms with Gasteiger partial charge in [-0.15, -0.1) is 11.3 Å². The van der Waals surface area contributed by atoms with Crippen molar-refractivity contribution in [1.82, 2.24) is 10.1 Å². The predicted molar refractivity (Wildman–Crippen MR) is 119 cm³/mol. The van der Waals surface area contributed by atoms with E-state index in [4.69, 9.17) is 4.52 Å². The minimum Gasteiger partial charge on any atom is -0.360 e. The molecular weight excluding hydrogens is 412 g/mol. The lowest BCUT2D eigenvalue weighted by Crippen LogP contribution is -2.38. The smallest absolute Gasteiger partial charge is 0.279 e. The minimum absolute atomic E-state index is 0.0274. The van der Waals surface area contributed by atoms with Crippen molar-refractivity contribution < 1.29 is 14.1 Å². The van der Waals surface area contributed by atoms with Gasteiger partial charge in [0.05, 0.1) is 5.69 Å². The third-order valence-electron chi connectivity index (χ3n) is 5.72. The van der Waals surface area contributed by atoms with E-state index < -0.39 is 0 Å². The maximum Gasteiger partial charge on any atom is 0.279 e. The molecule has 1 aliphatic heterocycles. The molecule has 5 rings (SSSR count). The van der Waals surface area contributed by atoms with Crippen LogP contribution in [0.25, 0.3) is 11.3 Å². The average molecular weight is 437 g/mol. The van der Waals surface area contributed by atoms with Gasteiger partial charge in [0.1, 0.15) is 5.76 Å². The lowest BCUT2D eigenvalue weighted by molar-refractivity contribution is -0.121. The number of aryl methyl sites for hydroxylation is 1. The van der Waals surface area contributed by atoms with Crippen molar-refractivity contribution in [3.05, 3.63) is 46.7 Å². The largest absolute Gasteiger partial charge is 0.360 e. The van der Waals surface area contributed by atoms with E-state index in [9.17, 15) is 9.59 Å². The van der Waals surface area contributed by atoms with Crippen molar-refractivity contribution in [2.24, 2.45) is 5.92 Å². The zero-order valence-electron chi connectivity index (χ0n) is 17.6. The fourth-order valence-corrected chi connectivity index (χ4v) is 4.59. The van der Waals surface area contributed by atoms with Gasteiger partial charge in [0, 0.05) is 41.1 Å². The Morgan fingerprint density at radius 1 is 1.26 bits per heavy atom. The van der Waals surface area contributed by atoms with E-state index in [0.717, 1.165) is 60.5 Å². The molecule has 160 valence electrons. The van der Waals surface area contributed by atoms with Crippen LogP contribution in [0.15, 0.2) is 34.2 Å². The minimum atomic E-state index is -0.315. The van der Waals surface area contributed by atoms with Gasteiger partial charge in [0.15, 0.2) is 10.8 Å². The molecule has 1 aliphatic carbocycles. The summed E-state index contributed by atoms with van der Waals surface area (Å²) in [6, 6.07) is 7.83. The number of aromatic nitrogens is 2. The first-order chi connectivity index (χ1) is 15.0. The molecule has 0 atom stereocenters. The van der Waals surface area contributed by atoms with Crippen LogP contribution in [0.4, 0.5) is 10.8 Å². The van der Waals surface area contributed by atoms with Crippen LogP contribution in [0.1, 0.15) is 60.8 Å². The third kappa shape index (κ3) is 3.99. The molecule has 0 spiro atoms. The van der Waals surface area contributed by atoms with E-state index in [1.54, 1.807) is 6.07 Å². The number of hydrogen-bond donors (Lipinski definition) is 1. The summed E-state index contributed by atoms with van der Waals surface area (Å²) in [6.07, 6.45) is 4.08. The first-order valence-corrected chi connectivity index (χ1v) is 11.6. The van der Waals surface area contributed by atoms with Crippen molar-refractivity contribution in [1.29, 1.82) is 0 Å². The van der Waals surface area contributed by atoms with Crippen molar-refractivity contribution in [3.8, 4) is 11.3 Å². The molecule has 31 heavy (non-hydrogen) atoms. The Morgan fingerprint density at radius 2 is 2.10 bits per heavy atom. The maximum absolute atomic E-state index is 12.5. The molecule has 2 aliphatic rings. The number of thiazole rings is 1. The van der Waals surface area contributed by atoms with Gasteiger partial charge in [-0.05, 0) is 43.4 Å². The zero-order valence-corrected chi connectivity index (χ0v) is 18.4. The number of fused-ring (bicyclic) bond motifs is 1. The van der Waals surface area contributed by atoms with E-state index in [0.29, 0.717) is 11.0 Å². The molecule has 1 N–H and O–H groups in total. The SMILES string of the molecule is CC(C)C(=O)N1CCCc2cc(-c3csc(NC(=O)c4cc(C5CC5)on4)n3)ccc21. The Kier molecular flexibility index (Phi) is 5.09. The molecule has 7 nitrogen and oxygen atoms in total. The van der Waals surface area contributed by atoms with Crippen molar-refractivity contribution in [3.63, 3.8) is 0 Å². The standard InChI is InChI=1S/C23H24N4O3S/c1-13(2)22(29)27-9-3-4-16-10-15(7-8-19(16)27)18-12-31-23(24-18)25-21(28)17-11-20(30-26-17)14-5-6-14/h7-8,10-14H,3-6,9H2,1-2H3,(H,24,25,28). The molecule has 3 aromatic rings. The van der Waals surface area contributed by atoms with E-state index in [2.05, 4.69) is 21.5 Å². The summed E-state index contributed by atoms with van der Waals surface area (Å²) in [6.45, 7) is 4.63. The molecule has 1 fully saturated rings. The lowest BCUT2D eigenvalue weighted by atomic mass is 9.97. The zero-order chi connectivity index (χ0) is 21.5. The van der Waals surface area contributed by atoms with Crippen LogP contribution in [0.3, 0.4) is 0 Å². The fraction of sp³-hybridized carbons (Fsp3) is 0.391. The number of carbonyl (C=O) groups is 2. The van der Waals surface area contributed by atoms with Crippen molar-refractivity contribution in [2.75, 3.05) is 16.8 Å². The molecule has 0 unspecified atom stereocenters. The Balaban J connectivity index is 1.32. The highest BCUT2D eigenvalue weighted by Crippen LogP contribution is 2.40. The van der Waals surface area contributed by atoms with Gasteiger partial charge < -0.3 is 9.42 Å². The molecule has 0 radical (unpaired) electrons. The maximum atomic E-state index is 12.5. The molecular formula is C23H24N4O3S. The van der Waals surface area contributed by atoms with Crippen LogP contribution in [0.2, 0.25) is 0 Å². The molecule has 1 aromatic carbocycles. The molecule has 2 aromatic heterocycles. The van der Waals surface area contributed by atoms with Gasteiger partial charge >= 0.3 is 0 Å². The number of amides is 2. The van der Waals surface area contributed by atoms with E-state index in [-0.39, 0.29) is 23.4 Å². The quantitative estimate of drug-likeness (QED) is 0.617. The van der Waals surface area contributed by atoms with Crippen LogP contribution in [-0.4, -0.2) is 28.5 Å². The summed E-state index contributed by atoms with van der Waals surface area (Å²) >= 11 is 1.37. The molecule has 0 saturated heterocycles.